The van der Waals surface area contributed by atoms with Gasteiger partial charge in [0.15, 0.2) is 17.1 Å². The number of carbonyl (C=O) groups excluding carboxylic acids is 1. The number of anilines is 1. The average molecular weight is 515 g/mol. The molecule has 1 N–H and O–H groups in total. The number of hydrogen-bond acceptors (Lipinski definition) is 8. The lowest BCUT2D eigenvalue weighted by molar-refractivity contribution is -0.113. The molecule has 2 heterocycles. The first-order valence-corrected chi connectivity index (χ1v) is 12.9. The lowest BCUT2D eigenvalue weighted by Gasteiger charge is -2.17. The molecule has 34 heavy (non-hydrogen) atoms. The fraction of sp³-hybridized carbons (Fsp3) is 0.261. The van der Waals surface area contributed by atoms with Crippen LogP contribution in [0.5, 0.6) is 5.75 Å². The number of halogens is 1. The molecule has 0 bridgehead atoms. The number of benzene rings is 2. The minimum atomic E-state index is -0.436. The van der Waals surface area contributed by atoms with E-state index in [1.807, 2.05) is 54.0 Å². The van der Waals surface area contributed by atoms with Crippen LogP contribution in [0.3, 0.4) is 0 Å². The van der Waals surface area contributed by atoms with Crippen molar-refractivity contribution < 1.29 is 9.53 Å². The van der Waals surface area contributed by atoms with Crippen LogP contribution in [-0.2, 0) is 11.2 Å². The van der Waals surface area contributed by atoms with Crippen LogP contribution in [0.4, 0.5) is 5.13 Å². The summed E-state index contributed by atoms with van der Waals surface area (Å²) in [5.74, 6) is 1.12. The maximum Gasteiger partial charge on any atom is 0.236 e. The molecule has 0 spiro atoms. The molecule has 4 rings (SSSR count). The number of rotatable bonds is 10. The van der Waals surface area contributed by atoms with Gasteiger partial charge in [0.2, 0.25) is 11.0 Å². The number of nitrogens with zero attached hydrogens (tertiary/aromatic N) is 5. The summed E-state index contributed by atoms with van der Waals surface area (Å²) in [5.41, 5.74) is 0.869. The molecule has 0 saturated heterocycles. The minimum Gasteiger partial charge on any atom is -0.481 e. The predicted molar refractivity (Wildman–Crippen MR) is 135 cm³/mol. The van der Waals surface area contributed by atoms with Gasteiger partial charge in [-0.3, -0.25) is 14.7 Å². The third-order valence-electron chi connectivity index (χ3n) is 4.69. The Kier molecular flexibility index (Phi) is 8.15. The fourth-order valence-electron chi connectivity index (χ4n) is 3.15. The number of ether oxygens (including phenoxy) is 1. The molecule has 0 radical (unpaired) electrons. The van der Waals surface area contributed by atoms with Crippen molar-refractivity contribution in [1.29, 1.82) is 0 Å². The van der Waals surface area contributed by atoms with Gasteiger partial charge in [-0.1, -0.05) is 72.0 Å². The van der Waals surface area contributed by atoms with Gasteiger partial charge in [0, 0.05) is 12.1 Å². The Hall–Kier alpha value is -2.95. The first kappa shape index (κ1) is 24.2. The number of hydrogen-bond donors (Lipinski definition) is 1. The molecule has 0 aliphatic heterocycles. The number of aryl methyl sites for hydroxylation is 1. The van der Waals surface area contributed by atoms with Crippen LogP contribution >= 0.6 is 34.7 Å². The zero-order valence-corrected chi connectivity index (χ0v) is 21.0. The molecule has 0 saturated carbocycles. The van der Waals surface area contributed by atoms with Gasteiger partial charge in [0.05, 0.1) is 10.8 Å². The van der Waals surface area contributed by atoms with Crippen molar-refractivity contribution in [3.63, 3.8) is 0 Å². The topological polar surface area (TPSA) is 94.8 Å². The summed E-state index contributed by atoms with van der Waals surface area (Å²) in [7, 11) is 0. The summed E-state index contributed by atoms with van der Waals surface area (Å²) in [6.07, 6.45) is 1.39. The first-order chi connectivity index (χ1) is 16.5. The van der Waals surface area contributed by atoms with Crippen molar-refractivity contribution in [2.45, 2.75) is 37.9 Å². The summed E-state index contributed by atoms with van der Waals surface area (Å²) < 4.78 is 7.97. The van der Waals surface area contributed by atoms with E-state index < -0.39 is 6.10 Å². The van der Waals surface area contributed by atoms with Crippen LogP contribution in [0.25, 0.3) is 5.69 Å². The maximum absolute atomic E-state index is 12.5. The van der Waals surface area contributed by atoms with Crippen LogP contribution in [0, 0.1) is 0 Å². The molecule has 1 unspecified atom stereocenters. The first-order valence-electron chi connectivity index (χ1n) is 10.7. The molecule has 0 aliphatic rings. The molecule has 2 aromatic heterocycles. The molecule has 8 nitrogen and oxygen atoms in total. The molecule has 4 aromatic rings. The Balaban J connectivity index is 1.51. The molecule has 0 aliphatic carbocycles. The maximum atomic E-state index is 12.5. The lowest BCUT2D eigenvalue weighted by atomic mass is 10.3. The minimum absolute atomic E-state index is 0.146. The lowest BCUT2D eigenvalue weighted by Crippen LogP contribution is -2.15. The van der Waals surface area contributed by atoms with E-state index in [9.17, 15) is 4.79 Å². The van der Waals surface area contributed by atoms with Gasteiger partial charge in [-0.25, -0.2) is 0 Å². The molecule has 1 amide bonds. The number of carbonyl (C=O) groups is 1. The van der Waals surface area contributed by atoms with E-state index in [-0.39, 0.29) is 11.7 Å². The summed E-state index contributed by atoms with van der Waals surface area (Å²) in [6.45, 7) is 3.96. The van der Waals surface area contributed by atoms with Gasteiger partial charge in [-0.2, -0.15) is 0 Å². The highest BCUT2D eigenvalue weighted by Crippen LogP contribution is 2.31. The van der Waals surface area contributed by atoms with Gasteiger partial charge in [-0.05, 0) is 37.6 Å². The van der Waals surface area contributed by atoms with E-state index in [0.29, 0.717) is 26.9 Å². The summed E-state index contributed by atoms with van der Waals surface area (Å²) in [5, 5.41) is 22.2. The number of aromatic nitrogens is 5. The molecule has 2 aromatic carbocycles. The molecular weight excluding hydrogens is 492 g/mol. The third-order valence-corrected chi connectivity index (χ3v) is 6.83. The number of thioether (sulfide) groups is 1. The van der Waals surface area contributed by atoms with E-state index in [4.69, 9.17) is 16.3 Å². The Morgan fingerprint density at radius 1 is 1.12 bits per heavy atom. The van der Waals surface area contributed by atoms with Crippen molar-refractivity contribution in [3.8, 4) is 11.4 Å². The van der Waals surface area contributed by atoms with Gasteiger partial charge in [0.25, 0.3) is 0 Å². The van der Waals surface area contributed by atoms with Gasteiger partial charge >= 0.3 is 0 Å². The van der Waals surface area contributed by atoms with E-state index in [0.717, 1.165) is 23.5 Å². The fourth-order valence-corrected chi connectivity index (χ4v) is 4.94. The number of para-hydroxylation sites is 2. The summed E-state index contributed by atoms with van der Waals surface area (Å²) >= 11 is 8.94. The predicted octanol–water partition coefficient (Wildman–Crippen LogP) is 5.60. The van der Waals surface area contributed by atoms with Crippen molar-refractivity contribution in [3.05, 3.63) is 70.5 Å². The van der Waals surface area contributed by atoms with Gasteiger partial charge in [-0.15, -0.1) is 20.4 Å². The van der Waals surface area contributed by atoms with Crippen LogP contribution in [-0.4, -0.2) is 36.6 Å². The molecule has 176 valence electrons. The van der Waals surface area contributed by atoms with E-state index in [2.05, 4.69) is 32.6 Å². The van der Waals surface area contributed by atoms with Crippen molar-refractivity contribution in [2.24, 2.45) is 0 Å². The largest absolute Gasteiger partial charge is 0.481 e. The Bertz CT molecular complexity index is 1250. The number of amides is 1. The van der Waals surface area contributed by atoms with E-state index in [1.165, 1.54) is 23.1 Å². The highest BCUT2D eigenvalue weighted by atomic mass is 35.5. The zero-order valence-electron chi connectivity index (χ0n) is 18.6. The highest BCUT2D eigenvalue weighted by Gasteiger charge is 2.22. The molecule has 0 fully saturated rings. The van der Waals surface area contributed by atoms with E-state index >= 15 is 0 Å². The van der Waals surface area contributed by atoms with Gasteiger partial charge in [0.1, 0.15) is 10.8 Å². The van der Waals surface area contributed by atoms with Crippen LogP contribution in [0.15, 0.2) is 59.8 Å². The standard InChI is InChI=1S/C23H23ClN6O2S2/c1-3-9-20-26-28-22(34-20)25-19(31)14-33-23-29-27-21(30(23)16-10-5-4-6-11-16)15(2)32-18-13-8-7-12-17(18)24/h4-8,10-13,15H,3,9,14H2,1-2H3,(H,25,28,31). The van der Waals surface area contributed by atoms with Crippen molar-refractivity contribution in [2.75, 3.05) is 11.1 Å². The van der Waals surface area contributed by atoms with Gasteiger partial charge < -0.3 is 4.74 Å². The van der Waals surface area contributed by atoms with Crippen LogP contribution < -0.4 is 10.1 Å². The molecular formula is C23H23ClN6O2S2. The second-order valence-electron chi connectivity index (χ2n) is 7.29. The quantitative estimate of drug-likeness (QED) is 0.275. The molecule has 11 heteroatoms. The Morgan fingerprint density at radius 3 is 2.65 bits per heavy atom. The van der Waals surface area contributed by atoms with Crippen molar-refractivity contribution in [1.82, 2.24) is 25.0 Å². The normalized spacial score (nSPS) is 11.9. The van der Waals surface area contributed by atoms with E-state index in [1.54, 1.807) is 12.1 Å². The number of nitrogens with one attached hydrogen (secondary N) is 1. The Morgan fingerprint density at radius 2 is 1.88 bits per heavy atom. The van der Waals surface area contributed by atoms with Crippen molar-refractivity contribution >= 4 is 45.7 Å². The van der Waals surface area contributed by atoms with Crippen LogP contribution in [0.1, 0.15) is 37.2 Å². The third kappa shape index (κ3) is 5.94. The Labute approximate surface area is 210 Å². The zero-order chi connectivity index (χ0) is 23.9. The second kappa shape index (κ2) is 11.5. The summed E-state index contributed by atoms with van der Waals surface area (Å²) in [4.78, 5) is 12.5. The SMILES string of the molecule is CCCc1nnc(NC(=O)CSc2nnc(C(C)Oc3ccccc3Cl)n2-c2ccccc2)s1. The smallest absolute Gasteiger partial charge is 0.236 e. The molecule has 1 atom stereocenters. The second-order valence-corrected chi connectivity index (χ2v) is 9.70. The average Bonchev–Trinajstić information content (AvgIpc) is 3.47. The summed E-state index contributed by atoms with van der Waals surface area (Å²) in [6, 6.07) is 17.0. The highest BCUT2D eigenvalue weighted by molar-refractivity contribution is 7.99. The van der Waals surface area contributed by atoms with Crippen LogP contribution in [0.2, 0.25) is 5.02 Å². The monoisotopic (exact) mass is 514 g/mol.